The zero-order chi connectivity index (χ0) is 14.8. The van der Waals surface area contributed by atoms with E-state index in [1.165, 1.54) is 6.26 Å². The normalized spacial score (nSPS) is 14.5. The van der Waals surface area contributed by atoms with E-state index in [-0.39, 0.29) is 11.8 Å². The number of amides is 2. The van der Waals surface area contributed by atoms with Gasteiger partial charge in [-0.2, -0.15) is 0 Å². The van der Waals surface area contributed by atoms with E-state index in [1.54, 1.807) is 23.1 Å². The van der Waals surface area contributed by atoms with Gasteiger partial charge in [-0.1, -0.05) is 0 Å². The molecular weight excluding hydrogens is 336 g/mol. The minimum absolute atomic E-state index is 0.147. The summed E-state index contributed by atoms with van der Waals surface area (Å²) in [5.74, 6) is -0.102. The van der Waals surface area contributed by atoms with Gasteiger partial charge in [0.15, 0.2) is 4.67 Å². The Hall–Kier alpha value is -2.08. The van der Waals surface area contributed by atoms with E-state index < -0.39 is 0 Å². The van der Waals surface area contributed by atoms with E-state index >= 15 is 0 Å². The van der Waals surface area contributed by atoms with Crippen molar-refractivity contribution in [2.45, 2.75) is 12.8 Å². The Balaban J connectivity index is 1.71. The molecule has 5 nitrogen and oxygen atoms in total. The molecule has 2 amide bonds. The second kappa shape index (κ2) is 5.73. The number of anilines is 2. The van der Waals surface area contributed by atoms with E-state index in [4.69, 9.17) is 4.42 Å². The summed E-state index contributed by atoms with van der Waals surface area (Å²) in [6.45, 7) is 0.756. The number of hydrogen-bond acceptors (Lipinski definition) is 3. The fourth-order valence-corrected chi connectivity index (χ4v) is 2.72. The molecule has 0 radical (unpaired) electrons. The minimum Gasteiger partial charge on any atom is -0.457 e. The second-order valence-corrected chi connectivity index (χ2v) is 5.48. The summed E-state index contributed by atoms with van der Waals surface area (Å²) in [5.41, 5.74) is 1.97. The van der Waals surface area contributed by atoms with Crippen LogP contribution >= 0.6 is 15.9 Å². The van der Waals surface area contributed by atoms with Crippen molar-refractivity contribution in [2.75, 3.05) is 16.8 Å². The molecule has 6 heteroatoms. The molecule has 1 aromatic carbocycles. The number of furan rings is 1. The summed E-state index contributed by atoms with van der Waals surface area (Å²) < 4.78 is 5.44. The molecule has 21 heavy (non-hydrogen) atoms. The van der Waals surface area contributed by atoms with Crippen LogP contribution in [-0.4, -0.2) is 18.4 Å². The predicted molar refractivity (Wildman–Crippen MR) is 82.4 cm³/mol. The van der Waals surface area contributed by atoms with E-state index in [2.05, 4.69) is 21.2 Å². The van der Waals surface area contributed by atoms with Crippen LogP contribution < -0.4 is 10.2 Å². The van der Waals surface area contributed by atoms with Crippen molar-refractivity contribution >= 4 is 39.1 Å². The Morgan fingerprint density at radius 2 is 2.00 bits per heavy atom. The molecule has 3 rings (SSSR count). The zero-order valence-electron chi connectivity index (χ0n) is 11.1. The highest BCUT2D eigenvalue weighted by molar-refractivity contribution is 9.10. The second-order valence-electron chi connectivity index (χ2n) is 4.76. The van der Waals surface area contributed by atoms with E-state index in [0.717, 1.165) is 18.7 Å². The Kier molecular flexibility index (Phi) is 3.79. The van der Waals surface area contributed by atoms with Gasteiger partial charge >= 0.3 is 0 Å². The first kappa shape index (κ1) is 13.9. The van der Waals surface area contributed by atoms with Crippen molar-refractivity contribution in [1.29, 1.82) is 0 Å². The maximum atomic E-state index is 12.0. The molecule has 1 N–H and O–H groups in total. The summed E-state index contributed by atoms with van der Waals surface area (Å²) in [7, 11) is 0. The van der Waals surface area contributed by atoms with Crippen molar-refractivity contribution < 1.29 is 14.0 Å². The Labute approximate surface area is 130 Å². The topological polar surface area (TPSA) is 62.6 Å². The van der Waals surface area contributed by atoms with Gasteiger partial charge in [-0.25, -0.2) is 0 Å². The van der Waals surface area contributed by atoms with Crippen LogP contribution in [0.15, 0.2) is 45.7 Å². The highest BCUT2D eigenvalue weighted by Gasteiger charge is 2.21. The van der Waals surface area contributed by atoms with Crippen LogP contribution in [0, 0.1) is 0 Å². The van der Waals surface area contributed by atoms with Crippen molar-refractivity contribution in [3.05, 3.63) is 46.8 Å². The Morgan fingerprint density at radius 1 is 1.24 bits per heavy atom. The van der Waals surface area contributed by atoms with Crippen molar-refractivity contribution in [2.24, 2.45) is 0 Å². The monoisotopic (exact) mass is 348 g/mol. The van der Waals surface area contributed by atoms with Crippen LogP contribution in [0.2, 0.25) is 0 Å². The number of hydrogen-bond donors (Lipinski definition) is 1. The quantitative estimate of drug-likeness (QED) is 0.924. The largest absolute Gasteiger partial charge is 0.457 e. The maximum Gasteiger partial charge on any atom is 0.260 e. The predicted octanol–water partition coefficient (Wildman–Crippen LogP) is 3.42. The summed E-state index contributed by atoms with van der Waals surface area (Å²) >= 11 is 3.17. The molecule has 0 unspecified atom stereocenters. The van der Waals surface area contributed by atoms with Crippen LogP contribution in [0.1, 0.15) is 23.2 Å². The lowest BCUT2D eigenvalue weighted by Crippen LogP contribution is -2.23. The van der Waals surface area contributed by atoms with E-state index in [1.807, 2.05) is 12.1 Å². The molecule has 0 aliphatic carbocycles. The molecule has 1 fully saturated rings. The highest BCUT2D eigenvalue weighted by Crippen LogP contribution is 2.24. The lowest BCUT2D eigenvalue weighted by atomic mass is 10.2. The molecule has 0 spiro atoms. The molecule has 0 saturated carbocycles. The number of rotatable bonds is 3. The van der Waals surface area contributed by atoms with Crippen LogP contribution in [0.25, 0.3) is 0 Å². The first-order valence-corrected chi connectivity index (χ1v) is 7.39. The van der Waals surface area contributed by atoms with Crippen molar-refractivity contribution in [3.63, 3.8) is 0 Å². The number of benzene rings is 1. The minimum atomic E-state index is -0.249. The van der Waals surface area contributed by atoms with Gasteiger partial charge in [-0.15, -0.1) is 0 Å². The molecule has 2 aromatic rings. The molecule has 2 heterocycles. The van der Waals surface area contributed by atoms with Crippen molar-refractivity contribution in [3.8, 4) is 0 Å². The fraction of sp³-hybridized carbons (Fsp3) is 0.200. The SMILES string of the molecule is O=C(Nc1ccc(N2CCCC2=O)cc1)c1ccoc1Br. The van der Waals surface area contributed by atoms with Gasteiger partial charge in [0.05, 0.1) is 11.8 Å². The lowest BCUT2D eigenvalue weighted by Gasteiger charge is -2.16. The summed E-state index contributed by atoms with van der Waals surface area (Å²) in [6, 6.07) is 8.84. The molecular formula is C15H13BrN2O3. The Bertz CT molecular complexity index is 678. The van der Waals surface area contributed by atoms with Gasteiger partial charge in [0.2, 0.25) is 5.91 Å². The lowest BCUT2D eigenvalue weighted by molar-refractivity contribution is -0.117. The molecule has 1 aliphatic heterocycles. The number of halogens is 1. The molecule has 1 aromatic heterocycles. The number of carbonyl (C=O) groups excluding carboxylic acids is 2. The van der Waals surface area contributed by atoms with E-state index in [9.17, 15) is 9.59 Å². The van der Waals surface area contributed by atoms with Crippen LogP contribution in [0.4, 0.5) is 11.4 Å². The Morgan fingerprint density at radius 3 is 2.57 bits per heavy atom. The summed E-state index contributed by atoms with van der Waals surface area (Å²) in [6.07, 6.45) is 2.94. The maximum absolute atomic E-state index is 12.0. The first-order chi connectivity index (χ1) is 10.1. The average molecular weight is 349 g/mol. The number of nitrogens with one attached hydrogen (secondary N) is 1. The van der Waals surface area contributed by atoms with Gasteiger partial charge < -0.3 is 14.6 Å². The van der Waals surface area contributed by atoms with Gasteiger partial charge in [0.1, 0.15) is 0 Å². The highest BCUT2D eigenvalue weighted by atomic mass is 79.9. The molecule has 1 aliphatic rings. The van der Waals surface area contributed by atoms with Crippen molar-refractivity contribution in [1.82, 2.24) is 0 Å². The third-order valence-corrected chi connectivity index (χ3v) is 3.99. The first-order valence-electron chi connectivity index (χ1n) is 6.60. The van der Waals surface area contributed by atoms with Gasteiger partial charge in [0.25, 0.3) is 5.91 Å². The van der Waals surface area contributed by atoms with Crippen LogP contribution in [0.3, 0.4) is 0 Å². The molecule has 1 saturated heterocycles. The molecule has 0 atom stereocenters. The zero-order valence-corrected chi connectivity index (χ0v) is 12.7. The van der Waals surface area contributed by atoms with E-state index in [0.29, 0.717) is 22.3 Å². The third-order valence-electron chi connectivity index (χ3n) is 3.37. The summed E-state index contributed by atoms with van der Waals surface area (Å²) in [5, 5.41) is 2.78. The van der Waals surface area contributed by atoms with Gasteiger partial charge in [0, 0.05) is 24.3 Å². The fourth-order valence-electron chi connectivity index (χ4n) is 2.30. The standard InChI is InChI=1S/C15H13BrN2O3/c16-14-12(7-9-21-14)15(20)17-10-3-5-11(6-4-10)18-8-1-2-13(18)19/h3-7,9H,1-2,8H2,(H,17,20). The molecule has 0 bridgehead atoms. The van der Waals surface area contributed by atoms with Crippen LogP contribution in [0.5, 0.6) is 0 Å². The van der Waals surface area contributed by atoms with Gasteiger partial charge in [-0.3, -0.25) is 9.59 Å². The van der Waals surface area contributed by atoms with Crippen LogP contribution in [-0.2, 0) is 4.79 Å². The average Bonchev–Trinajstić information content (AvgIpc) is 3.08. The number of nitrogens with zero attached hydrogens (tertiary/aromatic N) is 1. The number of carbonyl (C=O) groups is 2. The molecule has 108 valence electrons. The third kappa shape index (κ3) is 2.85. The van der Waals surface area contributed by atoms with Gasteiger partial charge in [-0.05, 0) is 52.7 Å². The summed E-state index contributed by atoms with van der Waals surface area (Å²) in [4.78, 5) is 25.5. The smallest absolute Gasteiger partial charge is 0.260 e.